The van der Waals surface area contributed by atoms with Crippen LogP contribution < -0.4 is 4.90 Å². The number of rotatable bonds is 3. The first-order chi connectivity index (χ1) is 10.1. The third-order valence-corrected chi connectivity index (χ3v) is 4.56. The molecule has 3 rings (SSSR count). The van der Waals surface area contributed by atoms with E-state index in [2.05, 4.69) is 27.8 Å². The Morgan fingerprint density at radius 3 is 2.33 bits per heavy atom. The second kappa shape index (κ2) is 5.41. The topological polar surface area (TPSA) is 50.3 Å². The molecule has 1 aromatic heterocycles. The van der Waals surface area contributed by atoms with Crippen LogP contribution in [-0.4, -0.2) is 22.1 Å². The normalized spacial score (nSPS) is 15.2. The highest BCUT2D eigenvalue weighted by Crippen LogP contribution is 2.28. The first kappa shape index (κ1) is 13.9. The van der Waals surface area contributed by atoms with Crippen molar-refractivity contribution in [1.82, 2.24) is 4.98 Å². The van der Waals surface area contributed by atoms with Crippen molar-refractivity contribution in [2.45, 2.75) is 12.8 Å². The number of carbonyl (C=O) groups is 2. The van der Waals surface area contributed by atoms with Gasteiger partial charge in [0.05, 0.1) is 11.1 Å². The summed E-state index contributed by atoms with van der Waals surface area (Å²) in [6.07, 6.45) is 1.63. The molecule has 2 aromatic rings. The molecular weight excluding hydrogens is 332 g/mol. The first-order valence-corrected chi connectivity index (χ1v) is 7.75. The standard InChI is InChI=1S/C16H13BrN2O2/c1-10(9-17)11-6-7-18-14(8-11)19-15(20)12-4-2-3-5-13(12)16(19)21/h2-8,10H,9H2,1H3. The molecule has 1 aliphatic rings. The summed E-state index contributed by atoms with van der Waals surface area (Å²) in [7, 11) is 0. The molecular formula is C16H13BrN2O2. The molecule has 21 heavy (non-hydrogen) atoms. The Labute approximate surface area is 130 Å². The molecule has 0 saturated heterocycles. The number of amides is 2. The van der Waals surface area contributed by atoms with E-state index in [1.54, 1.807) is 36.5 Å². The van der Waals surface area contributed by atoms with E-state index in [9.17, 15) is 9.59 Å². The number of fused-ring (bicyclic) bond motifs is 1. The minimum Gasteiger partial charge on any atom is -0.268 e. The van der Waals surface area contributed by atoms with E-state index in [0.29, 0.717) is 16.9 Å². The Morgan fingerprint density at radius 2 is 1.76 bits per heavy atom. The number of anilines is 1. The Bertz CT molecular complexity index is 695. The Morgan fingerprint density at radius 1 is 1.14 bits per heavy atom. The molecule has 1 atom stereocenters. The SMILES string of the molecule is CC(CBr)c1ccnc(N2C(=O)c3ccccc3C2=O)c1. The summed E-state index contributed by atoms with van der Waals surface area (Å²) in [6.45, 7) is 2.07. The first-order valence-electron chi connectivity index (χ1n) is 6.63. The van der Waals surface area contributed by atoms with Crippen molar-refractivity contribution in [3.63, 3.8) is 0 Å². The lowest BCUT2D eigenvalue weighted by Gasteiger charge is -2.15. The number of alkyl halides is 1. The number of imide groups is 1. The van der Waals surface area contributed by atoms with Gasteiger partial charge in [0, 0.05) is 11.5 Å². The number of halogens is 1. The molecule has 1 unspecified atom stereocenters. The minimum absolute atomic E-state index is 0.280. The molecule has 0 fully saturated rings. The molecule has 4 nitrogen and oxygen atoms in total. The van der Waals surface area contributed by atoms with Crippen LogP contribution in [0.3, 0.4) is 0 Å². The lowest BCUT2D eigenvalue weighted by atomic mass is 10.1. The van der Waals surface area contributed by atoms with Gasteiger partial charge in [0.25, 0.3) is 11.8 Å². The molecule has 1 aliphatic heterocycles. The summed E-state index contributed by atoms with van der Waals surface area (Å²) >= 11 is 3.44. The average molecular weight is 345 g/mol. The van der Waals surface area contributed by atoms with Gasteiger partial charge in [-0.05, 0) is 35.7 Å². The maximum absolute atomic E-state index is 12.4. The molecule has 0 radical (unpaired) electrons. The fourth-order valence-corrected chi connectivity index (χ4v) is 2.72. The highest BCUT2D eigenvalue weighted by molar-refractivity contribution is 9.09. The van der Waals surface area contributed by atoms with E-state index in [1.165, 1.54) is 0 Å². The number of aromatic nitrogens is 1. The van der Waals surface area contributed by atoms with Crippen molar-refractivity contribution in [3.8, 4) is 0 Å². The van der Waals surface area contributed by atoms with Crippen molar-refractivity contribution >= 4 is 33.6 Å². The summed E-state index contributed by atoms with van der Waals surface area (Å²) in [4.78, 5) is 30.2. The summed E-state index contributed by atoms with van der Waals surface area (Å²) in [5, 5.41) is 0.804. The number of pyridine rings is 1. The minimum atomic E-state index is -0.313. The van der Waals surface area contributed by atoms with E-state index < -0.39 is 0 Å². The zero-order chi connectivity index (χ0) is 15.0. The monoisotopic (exact) mass is 344 g/mol. The van der Waals surface area contributed by atoms with Crippen molar-refractivity contribution < 1.29 is 9.59 Å². The lowest BCUT2D eigenvalue weighted by Crippen LogP contribution is -2.30. The third-order valence-electron chi connectivity index (χ3n) is 3.59. The molecule has 0 spiro atoms. The van der Waals surface area contributed by atoms with Crippen molar-refractivity contribution in [1.29, 1.82) is 0 Å². The van der Waals surface area contributed by atoms with E-state index in [0.717, 1.165) is 15.8 Å². The summed E-state index contributed by atoms with van der Waals surface area (Å²) in [6, 6.07) is 10.5. The highest BCUT2D eigenvalue weighted by Gasteiger charge is 2.37. The van der Waals surface area contributed by atoms with Gasteiger partial charge in [-0.2, -0.15) is 0 Å². The van der Waals surface area contributed by atoms with Gasteiger partial charge < -0.3 is 0 Å². The fraction of sp³-hybridized carbons (Fsp3) is 0.188. The third kappa shape index (κ3) is 2.27. The van der Waals surface area contributed by atoms with Crippen molar-refractivity contribution in [3.05, 3.63) is 59.3 Å². The molecule has 0 saturated carbocycles. The molecule has 0 N–H and O–H groups in total. The van der Waals surface area contributed by atoms with Crippen LogP contribution in [0.1, 0.15) is 39.1 Å². The van der Waals surface area contributed by atoms with Crippen LogP contribution in [0.25, 0.3) is 0 Å². The van der Waals surface area contributed by atoms with Crippen LogP contribution in [0.15, 0.2) is 42.6 Å². The predicted molar refractivity (Wildman–Crippen MR) is 84.0 cm³/mol. The molecule has 2 heterocycles. The number of benzene rings is 1. The van der Waals surface area contributed by atoms with E-state index in [4.69, 9.17) is 0 Å². The number of carbonyl (C=O) groups excluding carboxylic acids is 2. The Balaban J connectivity index is 2.03. The van der Waals surface area contributed by atoms with E-state index >= 15 is 0 Å². The van der Waals surface area contributed by atoms with Crippen molar-refractivity contribution in [2.75, 3.05) is 10.2 Å². The number of hydrogen-bond acceptors (Lipinski definition) is 3. The van der Waals surface area contributed by atoms with Crippen molar-refractivity contribution in [2.24, 2.45) is 0 Å². The van der Waals surface area contributed by atoms with Crippen LogP contribution in [0.5, 0.6) is 0 Å². The average Bonchev–Trinajstić information content (AvgIpc) is 2.78. The van der Waals surface area contributed by atoms with Gasteiger partial charge in [0.2, 0.25) is 0 Å². The van der Waals surface area contributed by atoms with Crippen LogP contribution in [0.2, 0.25) is 0 Å². The second-order valence-electron chi connectivity index (χ2n) is 4.99. The Hall–Kier alpha value is -2.01. The van der Waals surface area contributed by atoms with Gasteiger partial charge in [-0.1, -0.05) is 35.0 Å². The fourth-order valence-electron chi connectivity index (χ4n) is 2.35. The predicted octanol–water partition coefficient (Wildman–Crippen LogP) is 3.38. The zero-order valence-corrected chi connectivity index (χ0v) is 13.0. The summed E-state index contributed by atoms with van der Waals surface area (Å²) in [5.41, 5.74) is 1.90. The van der Waals surface area contributed by atoms with Crippen LogP contribution >= 0.6 is 15.9 Å². The maximum atomic E-state index is 12.4. The molecule has 5 heteroatoms. The van der Waals surface area contributed by atoms with Gasteiger partial charge in [-0.3, -0.25) is 9.59 Å². The van der Waals surface area contributed by atoms with Crippen LogP contribution in [0, 0.1) is 0 Å². The van der Waals surface area contributed by atoms with Gasteiger partial charge in [-0.15, -0.1) is 0 Å². The van der Waals surface area contributed by atoms with E-state index in [-0.39, 0.29) is 17.7 Å². The van der Waals surface area contributed by atoms with E-state index in [1.807, 2.05) is 6.07 Å². The molecule has 2 amide bonds. The number of hydrogen-bond donors (Lipinski definition) is 0. The molecule has 1 aromatic carbocycles. The molecule has 0 bridgehead atoms. The zero-order valence-electron chi connectivity index (χ0n) is 11.4. The largest absolute Gasteiger partial charge is 0.268 e. The van der Waals surface area contributed by atoms with Gasteiger partial charge in [-0.25, -0.2) is 9.88 Å². The molecule has 106 valence electrons. The van der Waals surface area contributed by atoms with Gasteiger partial charge in [0.1, 0.15) is 5.82 Å². The van der Waals surface area contributed by atoms with Gasteiger partial charge >= 0.3 is 0 Å². The number of nitrogens with zero attached hydrogens (tertiary/aromatic N) is 2. The lowest BCUT2D eigenvalue weighted by molar-refractivity contribution is 0.0925. The maximum Gasteiger partial charge on any atom is 0.267 e. The summed E-state index contributed by atoms with van der Waals surface area (Å²) in [5.74, 6) is 0.0342. The Kier molecular flexibility index (Phi) is 3.59. The highest BCUT2D eigenvalue weighted by atomic mass is 79.9. The molecule has 0 aliphatic carbocycles. The quantitative estimate of drug-likeness (QED) is 0.633. The van der Waals surface area contributed by atoms with Crippen LogP contribution in [0.4, 0.5) is 5.82 Å². The second-order valence-corrected chi connectivity index (χ2v) is 5.64. The summed E-state index contributed by atoms with van der Waals surface area (Å²) < 4.78 is 0. The van der Waals surface area contributed by atoms with Gasteiger partial charge in [0.15, 0.2) is 0 Å². The van der Waals surface area contributed by atoms with Crippen LogP contribution in [-0.2, 0) is 0 Å². The smallest absolute Gasteiger partial charge is 0.267 e.